The van der Waals surface area contributed by atoms with E-state index < -0.39 is 12.0 Å². The van der Waals surface area contributed by atoms with Crippen LogP contribution in [0.1, 0.15) is 16.8 Å². The molecule has 2 atom stereocenters. The maximum Gasteiger partial charge on any atom is 0.326 e. The van der Waals surface area contributed by atoms with Crippen LogP contribution >= 0.6 is 34.2 Å². The van der Waals surface area contributed by atoms with Gasteiger partial charge in [0.2, 0.25) is 0 Å². The third-order valence-corrected chi connectivity index (χ3v) is 4.88. The number of carboxylic acid groups (broad SMARTS) is 1. The molecule has 1 fully saturated rings. The average Bonchev–Trinajstić information content (AvgIpc) is 2.85. The molecule has 0 saturated carbocycles. The Kier molecular flexibility index (Phi) is 4.87. The molecule has 1 aliphatic heterocycles. The van der Waals surface area contributed by atoms with E-state index in [0.717, 1.165) is 3.57 Å². The van der Waals surface area contributed by atoms with E-state index >= 15 is 0 Å². The number of benzene rings is 1. The predicted octanol–water partition coefficient (Wildman–Crippen LogP) is 2.26. The number of halogens is 2. The van der Waals surface area contributed by atoms with Crippen molar-refractivity contribution in [1.29, 1.82) is 0 Å². The maximum atomic E-state index is 12.4. The number of carbonyl (C=O) groups is 2. The second kappa shape index (κ2) is 6.28. The summed E-state index contributed by atoms with van der Waals surface area (Å²) >= 11 is 8.07. The first-order chi connectivity index (χ1) is 9.43. The number of nitrogens with zero attached hydrogens (tertiary/aromatic N) is 1. The fourth-order valence-corrected chi connectivity index (χ4v) is 2.74. The zero-order chi connectivity index (χ0) is 14.9. The molecule has 0 aliphatic carbocycles. The van der Waals surface area contributed by atoms with Gasteiger partial charge in [-0.3, -0.25) is 4.79 Å². The highest BCUT2D eigenvalue weighted by molar-refractivity contribution is 14.1. The van der Waals surface area contributed by atoms with E-state index in [2.05, 4.69) is 22.6 Å². The number of carboxylic acids is 1. The third kappa shape index (κ3) is 3.07. The van der Waals surface area contributed by atoms with Crippen LogP contribution in [-0.2, 0) is 9.53 Å². The minimum atomic E-state index is -1.02. The Bertz CT molecular complexity index is 551. The number of carbonyl (C=O) groups excluding carboxylic acids is 1. The van der Waals surface area contributed by atoms with Gasteiger partial charge in [0.1, 0.15) is 6.04 Å². The fourth-order valence-electron chi connectivity index (χ4n) is 2.22. The molecular formula is C13H13ClINO4. The van der Waals surface area contributed by atoms with Gasteiger partial charge in [0.15, 0.2) is 0 Å². The number of ether oxygens (including phenoxy) is 1. The number of aliphatic carboxylic acids is 1. The van der Waals surface area contributed by atoms with Gasteiger partial charge in [-0.2, -0.15) is 0 Å². The molecule has 0 radical (unpaired) electrons. The molecule has 1 saturated heterocycles. The number of hydrogen-bond donors (Lipinski definition) is 1. The quantitative estimate of drug-likeness (QED) is 0.778. The Hall–Kier alpha value is -0.860. The highest BCUT2D eigenvalue weighted by Crippen LogP contribution is 2.25. The first-order valence-corrected chi connectivity index (χ1v) is 7.41. The molecule has 2 unspecified atom stereocenters. The minimum Gasteiger partial charge on any atom is -0.480 e. The first kappa shape index (κ1) is 15.5. The van der Waals surface area contributed by atoms with E-state index in [-0.39, 0.29) is 18.6 Å². The van der Waals surface area contributed by atoms with Gasteiger partial charge in [0, 0.05) is 29.2 Å². The molecular weight excluding hydrogens is 397 g/mol. The van der Waals surface area contributed by atoms with Gasteiger partial charge in [-0.25, -0.2) is 4.79 Å². The van der Waals surface area contributed by atoms with Crippen LogP contribution < -0.4 is 0 Å². The van der Waals surface area contributed by atoms with Crippen molar-refractivity contribution in [2.24, 2.45) is 0 Å². The number of rotatable bonds is 3. The molecule has 1 heterocycles. The van der Waals surface area contributed by atoms with Crippen molar-refractivity contribution in [1.82, 2.24) is 4.90 Å². The van der Waals surface area contributed by atoms with Crippen LogP contribution in [0.15, 0.2) is 18.2 Å². The summed E-state index contributed by atoms with van der Waals surface area (Å²) in [4.78, 5) is 25.0. The van der Waals surface area contributed by atoms with Crippen molar-refractivity contribution in [3.8, 4) is 0 Å². The highest BCUT2D eigenvalue weighted by Gasteiger charge is 2.40. The summed E-state index contributed by atoms with van der Waals surface area (Å²) in [6.45, 7) is 0.274. The smallest absolute Gasteiger partial charge is 0.326 e. The molecule has 5 nitrogen and oxygen atoms in total. The van der Waals surface area contributed by atoms with Gasteiger partial charge in [-0.15, -0.1) is 0 Å². The van der Waals surface area contributed by atoms with E-state index in [1.165, 1.54) is 12.0 Å². The van der Waals surface area contributed by atoms with E-state index in [1.807, 2.05) is 0 Å². The molecule has 7 heteroatoms. The Morgan fingerprint density at radius 2 is 2.20 bits per heavy atom. The summed E-state index contributed by atoms with van der Waals surface area (Å²) in [5.74, 6) is -1.36. The minimum absolute atomic E-state index is 0.251. The van der Waals surface area contributed by atoms with Crippen LogP contribution in [0.3, 0.4) is 0 Å². The summed E-state index contributed by atoms with van der Waals surface area (Å²) < 4.78 is 6.01. The molecule has 108 valence electrons. The Morgan fingerprint density at radius 3 is 2.75 bits per heavy atom. The van der Waals surface area contributed by atoms with Gasteiger partial charge < -0.3 is 14.7 Å². The SMILES string of the molecule is COC1CC(C(=O)O)N(C(=O)c2ccc(I)c(Cl)c2)C1. The maximum absolute atomic E-state index is 12.4. The van der Waals surface area contributed by atoms with E-state index in [4.69, 9.17) is 16.3 Å². The summed E-state index contributed by atoms with van der Waals surface area (Å²) in [5, 5.41) is 9.69. The van der Waals surface area contributed by atoms with E-state index in [0.29, 0.717) is 17.0 Å². The third-order valence-electron chi connectivity index (χ3n) is 3.31. The molecule has 1 N–H and O–H groups in total. The number of amides is 1. The summed E-state index contributed by atoms with van der Waals surface area (Å²) in [5.41, 5.74) is 0.387. The van der Waals surface area contributed by atoms with Gasteiger partial charge in [-0.1, -0.05) is 11.6 Å². The van der Waals surface area contributed by atoms with Crippen molar-refractivity contribution in [2.75, 3.05) is 13.7 Å². The van der Waals surface area contributed by atoms with E-state index in [9.17, 15) is 14.7 Å². The van der Waals surface area contributed by atoms with Gasteiger partial charge in [0.05, 0.1) is 11.1 Å². The van der Waals surface area contributed by atoms with Crippen LogP contribution in [0.4, 0.5) is 0 Å². The van der Waals surface area contributed by atoms with Crippen LogP contribution in [0, 0.1) is 3.57 Å². The summed E-state index contributed by atoms with van der Waals surface area (Å²) in [7, 11) is 1.51. The Labute approximate surface area is 135 Å². The lowest BCUT2D eigenvalue weighted by Gasteiger charge is -2.21. The molecule has 1 aromatic rings. The van der Waals surface area contributed by atoms with Gasteiger partial charge in [-0.05, 0) is 40.8 Å². The lowest BCUT2D eigenvalue weighted by Crippen LogP contribution is -2.40. The molecule has 1 aromatic carbocycles. The van der Waals surface area contributed by atoms with Crippen molar-refractivity contribution < 1.29 is 19.4 Å². The fraction of sp³-hybridized carbons (Fsp3) is 0.385. The second-order valence-electron chi connectivity index (χ2n) is 4.53. The van der Waals surface area contributed by atoms with Crippen LogP contribution in [0.2, 0.25) is 5.02 Å². The second-order valence-corrected chi connectivity index (χ2v) is 6.10. The molecule has 2 rings (SSSR count). The zero-order valence-corrected chi connectivity index (χ0v) is 13.6. The summed E-state index contributed by atoms with van der Waals surface area (Å²) in [6, 6.07) is 4.08. The molecule has 20 heavy (non-hydrogen) atoms. The Balaban J connectivity index is 2.26. The van der Waals surface area contributed by atoms with Gasteiger partial charge >= 0.3 is 5.97 Å². The largest absolute Gasteiger partial charge is 0.480 e. The zero-order valence-electron chi connectivity index (χ0n) is 10.7. The van der Waals surface area contributed by atoms with Crippen LogP contribution in [0.25, 0.3) is 0 Å². The van der Waals surface area contributed by atoms with Crippen LogP contribution in [-0.4, -0.2) is 47.7 Å². The lowest BCUT2D eigenvalue weighted by molar-refractivity contribution is -0.141. The topological polar surface area (TPSA) is 66.8 Å². The molecule has 0 bridgehead atoms. The van der Waals surface area contributed by atoms with E-state index in [1.54, 1.807) is 18.2 Å². The molecule has 1 amide bonds. The van der Waals surface area contributed by atoms with Crippen molar-refractivity contribution in [3.63, 3.8) is 0 Å². The van der Waals surface area contributed by atoms with Crippen LogP contribution in [0.5, 0.6) is 0 Å². The molecule has 0 aromatic heterocycles. The molecule has 1 aliphatic rings. The monoisotopic (exact) mass is 409 g/mol. The van der Waals surface area contributed by atoms with Crippen molar-refractivity contribution >= 4 is 46.1 Å². The molecule has 0 spiro atoms. The Morgan fingerprint density at radius 1 is 1.50 bits per heavy atom. The lowest BCUT2D eigenvalue weighted by atomic mass is 10.1. The number of likely N-dealkylation sites (tertiary alicyclic amines) is 1. The highest BCUT2D eigenvalue weighted by atomic mass is 127. The summed E-state index contributed by atoms with van der Waals surface area (Å²) in [6.07, 6.45) is 0.0507. The number of hydrogen-bond acceptors (Lipinski definition) is 3. The first-order valence-electron chi connectivity index (χ1n) is 5.95. The standard InChI is InChI=1S/C13H13ClINO4/c1-20-8-5-11(13(18)19)16(6-8)12(17)7-2-3-10(15)9(14)4-7/h2-4,8,11H,5-6H2,1H3,(H,18,19). The average molecular weight is 410 g/mol. The normalized spacial score (nSPS) is 22.1. The van der Waals surface area contributed by atoms with Crippen molar-refractivity contribution in [2.45, 2.75) is 18.6 Å². The van der Waals surface area contributed by atoms with Crippen molar-refractivity contribution in [3.05, 3.63) is 32.4 Å². The number of methoxy groups -OCH3 is 1. The van der Waals surface area contributed by atoms with Gasteiger partial charge in [0.25, 0.3) is 5.91 Å². The predicted molar refractivity (Wildman–Crippen MR) is 82.0 cm³/mol.